The van der Waals surface area contributed by atoms with Crippen LogP contribution in [0.5, 0.6) is 5.75 Å². The van der Waals surface area contributed by atoms with Gasteiger partial charge in [0.25, 0.3) is 5.91 Å². The van der Waals surface area contributed by atoms with Crippen molar-refractivity contribution in [3.8, 4) is 5.75 Å². The molecule has 0 aliphatic carbocycles. The van der Waals surface area contributed by atoms with Gasteiger partial charge in [-0.3, -0.25) is 9.59 Å². The van der Waals surface area contributed by atoms with E-state index >= 15 is 0 Å². The number of nitrogens with zero attached hydrogens (tertiary/aromatic N) is 2. The molecular weight excluding hydrogens is 340 g/mol. The molecule has 0 aromatic heterocycles. The van der Waals surface area contributed by atoms with Crippen molar-refractivity contribution in [1.82, 2.24) is 9.80 Å². The molecule has 5 heteroatoms. The Hall–Kier alpha value is -2.04. The minimum atomic E-state index is 0.0420. The molecule has 0 spiro atoms. The molecule has 1 heterocycles. The van der Waals surface area contributed by atoms with E-state index in [4.69, 9.17) is 4.74 Å². The van der Waals surface area contributed by atoms with Crippen LogP contribution in [0.25, 0.3) is 0 Å². The predicted molar refractivity (Wildman–Crippen MR) is 108 cm³/mol. The zero-order valence-electron chi connectivity index (χ0n) is 17.1. The molecule has 1 aliphatic heterocycles. The molecule has 0 unspecified atom stereocenters. The number of benzene rings is 1. The van der Waals surface area contributed by atoms with E-state index < -0.39 is 0 Å². The minimum Gasteiger partial charge on any atom is -0.494 e. The van der Waals surface area contributed by atoms with Crippen LogP contribution in [-0.2, 0) is 4.79 Å². The third kappa shape index (κ3) is 6.26. The molecule has 27 heavy (non-hydrogen) atoms. The number of carbonyl (C=O) groups excluding carboxylic acids is 2. The van der Waals surface area contributed by atoms with Gasteiger partial charge in [0.1, 0.15) is 5.75 Å². The van der Waals surface area contributed by atoms with E-state index in [-0.39, 0.29) is 17.7 Å². The summed E-state index contributed by atoms with van der Waals surface area (Å²) in [5.74, 6) is 1.12. The van der Waals surface area contributed by atoms with Crippen LogP contribution in [0, 0.1) is 5.92 Å². The molecule has 0 N–H and O–H groups in total. The molecule has 1 aromatic rings. The Morgan fingerprint density at radius 2 is 1.70 bits per heavy atom. The number of likely N-dealkylation sites (tertiary alicyclic amines) is 1. The molecule has 1 saturated heterocycles. The van der Waals surface area contributed by atoms with Crippen LogP contribution in [0.2, 0.25) is 0 Å². The average Bonchev–Trinajstić information content (AvgIpc) is 2.71. The van der Waals surface area contributed by atoms with Gasteiger partial charge in [0.2, 0.25) is 5.91 Å². The van der Waals surface area contributed by atoms with E-state index in [9.17, 15) is 9.59 Å². The Balaban J connectivity index is 1.83. The lowest BCUT2D eigenvalue weighted by Crippen LogP contribution is -2.43. The van der Waals surface area contributed by atoms with Gasteiger partial charge in [0.05, 0.1) is 6.61 Å². The van der Waals surface area contributed by atoms with Crippen LogP contribution in [0.3, 0.4) is 0 Å². The largest absolute Gasteiger partial charge is 0.494 e. The summed E-state index contributed by atoms with van der Waals surface area (Å²) in [6.07, 6.45) is 5.76. The SMILES string of the molecule is CCCCOc1ccc(C(=O)N2CCC(C(=O)N(C)CCCC)CC2)cc1. The number of carbonyl (C=O) groups is 2. The standard InChI is InChI=1S/C22H34N2O3/c1-4-6-14-23(3)21(25)19-12-15-24(16-13-19)22(26)18-8-10-20(11-9-18)27-17-7-5-2/h8-11,19H,4-7,12-17H2,1-3H3. The van der Waals surface area contributed by atoms with Gasteiger partial charge in [-0.2, -0.15) is 0 Å². The van der Waals surface area contributed by atoms with Gasteiger partial charge in [-0.15, -0.1) is 0 Å². The van der Waals surface area contributed by atoms with Crippen molar-refractivity contribution < 1.29 is 14.3 Å². The molecule has 0 saturated carbocycles. The second kappa shape index (κ2) is 11.0. The molecule has 0 radical (unpaired) electrons. The maximum absolute atomic E-state index is 12.7. The van der Waals surface area contributed by atoms with E-state index in [1.54, 1.807) is 0 Å². The van der Waals surface area contributed by atoms with Crippen molar-refractivity contribution in [2.45, 2.75) is 52.4 Å². The number of ether oxygens (including phenoxy) is 1. The Labute approximate surface area is 163 Å². The van der Waals surface area contributed by atoms with Crippen LogP contribution in [0.1, 0.15) is 62.7 Å². The summed E-state index contributed by atoms with van der Waals surface area (Å²) in [5.41, 5.74) is 0.683. The normalized spacial score (nSPS) is 14.9. The average molecular weight is 375 g/mol. The van der Waals surface area contributed by atoms with Crippen molar-refractivity contribution in [1.29, 1.82) is 0 Å². The van der Waals surface area contributed by atoms with Crippen LogP contribution >= 0.6 is 0 Å². The fourth-order valence-electron chi connectivity index (χ4n) is 3.36. The highest BCUT2D eigenvalue weighted by Gasteiger charge is 2.29. The van der Waals surface area contributed by atoms with Crippen LogP contribution < -0.4 is 4.74 Å². The monoisotopic (exact) mass is 374 g/mol. The summed E-state index contributed by atoms with van der Waals surface area (Å²) in [4.78, 5) is 28.9. The first-order chi connectivity index (χ1) is 13.1. The number of hydrogen-bond donors (Lipinski definition) is 0. The topological polar surface area (TPSA) is 49.9 Å². The molecule has 1 aliphatic rings. The Bertz CT molecular complexity index is 592. The molecule has 0 bridgehead atoms. The first kappa shape index (κ1) is 21.3. The maximum Gasteiger partial charge on any atom is 0.253 e. The van der Waals surface area contributed by atoms with Gasteiger partial charge in [-0.25, -0.2) is 0 Å². The molecule has 0 atom stereocenters. The molecule has 2 amide bonds. The second-order valence-electron chi connectivity index (χ2n) is 7.41. The van der Waals surface area contributed by atoms with Crippen LogP contribution in [-0.4, -0.2) is 54.9 Å². The maximum atomic E-state index is 12.7. The number of amides is 2. The number of hydrogen-bond acceptors (Lipinski definition) is 3. The van der Waals surface area contributed by atoms with Gasteiger partial charge < -0.3 is 14.5 Å². The van der Waals surface area contributed by atoms with Crippen molar-refractivity contribution in [2.24, 2.45) is 5.92 Å². The van der Waals surface area contributed by atoms with Gasteiger partial charge >= 0.3 is 0 Å². The molecule has 5 nitrogen and oxygen atoms in total. The van der Waals surface area contributed by atoms with Crippen LogP contribution in [0.15, 0.2) is 24.3 Å². The van der Waals surface area contributed by atoms with Gasteiger partial charge in [0, 0.05) is 38.2 Å². The molecule has 2 rings (SSSR count). The smallest absolute Gasteiger partial charge is 0.253 e. The van der Waals surface area contributed by atoms with Crippen LogP contribution in [0.4, 0.5) is 0 Å². The molecular formula is C22H34N2O3. The summed E-state index contributed by atoms with van der Waals surface area (Å²) < 4.78 is 5.65. The Morgan fingerprint density at radius 3 is 2.30 bits per heavy atom. The predicted octanol–water partition coefficient (Wildman–Crippen LogP) is 3.98. The minimum absolute atomic E-state index is 0.0420. The Kier molecular flexibility index (Phi) is 8.62. The van der Waals surface area contributed by atoms with E-state index in [2.05, 4.69) is 13.8 Å². The quantitative estimate of drug-likeness (QED) is 0.615. The van der Waals surface area contributed by atoms with E-state index in [0.29, 0.717) is 25.3 Å². The van der Waals surface area contributed by atoms with E-state index in [1.165, 1.54) is 0 Å². The first-order valence-electron chi connectivity index (χ1n) is 10.3. The van der Waals surface area contributed by atoms with E-state index in [1.807, 2.05) is 41.1 Å². The summed E-state index contributed by atoms with van der Waals surface area (Å²) in [5, 5.41) is 0. The molecule has 1 aromatic carbocycles. The summed E-state index contributed by atoms with van der Waals surface area (Å²) in [6.45, 7) is 7.08. The fraction of sp³-hybridized carbons (Fsp3) is 0.636. The third-order valence-corrected chi connectivity index (χ3v) is 5.22. The lowest BCUT2D eigenvalue weighted by atomic mass is 9.94. The van der Waals surface area contributed by atoms with Gasteiger partial charge in [-0.05, 0) is 49.9 Å². The van der Waals surface area contributed by atoms with Crippen molar-refractivity contribution in [3.63, 3.8) is 0 Å². The first-order valence-corrected chi connectivity index (χ1v) is 10.3. The zero-order chi connectivity index (χ0) is 19.6. The highest BCUT2D eigenvalue weighted by atomic mass is 16.5. The molecule has 1 fully saturated rings. The van der Waals surface area contributed by atoms with Crippen molar-refractivity contribution >= 4 is 11.8 Å². The second-order valence-corrected chi connectivity index (χ2v) is 7.41. The Morgan fingerprint density at radius 1 is 1.07 bits per heavy atom. The summed E-state index contributed by atoms with van der Waals surface area (Å²) in [7, 11) is 1.89. The number of rotatable bonds is 9. The van der Waals surface area contributed by atoms with Gasteiger partial charge in [0.15, 0.2) is 0 Å². The summed E-state index contributed by atoms with van der Waals surface area (Å²) >= 11 is 0. The van der Waals surface area contributed by atoms with Gasteiger partial charge in [-0.1, -0.05) is 26.7 Å². The zero-order valence-corrected chi connectivity index (χ0v) is 17.1. The number of piperidine rings is 1. The lowest BCUT2D eigenvalue weighted by molar-refractivity contribution is -0.135. The van der Waals surface area contributed by atoms with Crippen molar-refractivity contribution in [3.05, 3.63) is 29.8 Å². The fourth-order valence-corrected chi connectivity index (χ4v) is 3.36. The lowest BCUT2D eigenvalue weighted by Gasteiger charge is -2.33. The third-order valence-electron chi connectivity index (χ3n) is 5.22. The highest BCUT2D eigenvalue weighted by Crippen LogP contribution is 2.22. The van der Waals surface area contributed by atoms with E-state index in [0.717, 1.165) is 50.8 Å². The molecule has 150 valence electrons. The number of unbranched alkanes of at least 4 members (excludes halogenated alkanes) is 2. The summed E-state index contributed by atoms with van der Waals surface area (Å²) in [6, 6.07) is 7.39. The highest BCUT2D eigenvalue weighted by molar-refractivity contribution is 5.94. The van der Waals surface area contributed by atoms with Crippen molar-refractivity contribution in [2.75, 3.05) is 33.3 Å².